The molecule has 32 heavy (non-hydrogen) atoms. The second kappa shape index (κ2) is 8.55. The number of carbonyl (C=O) groups excluding carboxylic acids is 1. The minimum Gasteiger partial charge on any atom is -0.495 e. The Hall–Kier alpha value is -3.52. The van der Waals surface area contributed by atoms with Crippen molar-refractivity contribution < 1.29 is 22.7 Å². The topological polar surface area (TPSA) is 84.9 Å². The molecule has 0 radical (unpaired) electrons. The first-order valence-electron chi connectivity index (χ1n) is 10.3. The van der Waals surface area contributed by atoms with E-state index in [0.29, 0.717) is 30.2 Å². The maximum atomic E-state index is 13.3. The number of para-hydroxylation sites is 2. The van der Waals surface area contributed by atoms with Crippen LogP contribution in [-0.4, -0.2) is 28.0 Å². The first-order valence-corrected chi connectivity index (χ1v) is 11.8. The molecule has 1 aliphatic heterocycles. The number of nitrogens with zero attached hydrogens (tertiary/aromatic N) is 1. The zero-order chi connectivity index (χ0) is 22.9. The van der Waals surface area contributed by atoms with Gasteiger partial charge in [-0.3, -0.25) is 9.52 Å². The fourth-order valence-electron chi connectivity index (χ4n) is 3.66. The minimum absolute atomic E-state index is 0.0412. The van der Waals surface area contributed by atoms with Gasteiger partial charge in [0.25, 0.3) is 15.9 Å². The second-order valence-corrected chi connectivity index (χ2v) is 8.93. The third-order valence-electron chi connectivity index (χ3n) is 5.33. The largest absolute Gasteiger partial charge is 0.495 e. The first-order chi connectivity index (χ1) is 15.4. The summed E-state index contributed by atoms with van der Waals surface area (Å²) in [7, 11) is -2.53. The Morgan fingerprint density at radius 2 is 1.78 bits per heavy atom. The van der Waals surface area contributed by atoms with Gasteiger partial charge < -0.3 is 14.4 Å². The lowest BCUT2D eigenvalue weighted by Gasteiger charge is -2.20. The van der Waals surface area contributed by atoms with Gasteiger partial charge in [-0.05, 0) is 61.4 Å². The van der Waals surface area contributed by atoms with Crippen molar-refractivity contribution in [3.63, 3.8) is 0 Å². The number of amides is 1. The van der Waals surface area contributed by atoms with Gasteiger partial charge in [0, 0.05) is 12.2 Å². The molecule has 1 amide bonds. The summed E-state index contributed by atoms with van der Waals surface area (Å²) in [6.45, 7) is 4.26. The number of hydrogen-bond donors (Lipinski definition) is 1. The average molecular weight is 453 g/mol. The average Bonchev–Trinajstić information content (AvgIpc) is 2.92. The van der Waals surface area contributed by atoms with E-state index in [-0.39, 0.29) is 27.8 Å². The van der Waals surface area contributed by atoms with E-state index in [2.05, 4.69) is 4.72 Å². The van der Waals surface area contributed by atoms with E-state index in [1.165, 1.54) is 13.2 Å². The van der Waals surface area contributed by atoms with Gasteiger partial charge in [0.15, 0.2) is 5.75 Å². The number of benzene rings is 3. The zero-order valence-corrected chi connectivity index (χ0v) is 18.9. The van der Waals surface area contributed by atoms with Crippen LogP contribution < -0.4 is 19.1 Å². The highest BCUT2D eigenvalue weighted by Gasteiger charge is 2.28. The molecule has 0 spiro atoms. The predicted molar refractivity (Wildman–Crippen MR) is 123 cm³/mol. The third-order valence-corrected chi connectivity index (χ3v) is 6.73. The van der Waals surface area contributed by atoms with E-state index in [1.807, 2.05) is 38.1 Å². The van der Waals surface area contributed by atoms with Crippen LogP contribution in [0.15, 0.2) is 65.6 Å². The number of methoxy groups -OCH3 is 1. The van der Waals surface area contributed by atoms with Gasteiger partial charge >= 0.3 is 0 Å². The number of aryl methyl sites for hydroxylation is 1. The molecule has 0 aromatic heterocycles. The monoisotopic (exact) mass is 452 g/mol. The lowest BCUT2D eigenvalue weighted by Crippen LogP contribution is -2.29. The molecule has 8 heteroatoms. The van der Waals surface area contributed by atoms with Crippen molar-refractivity contribution in [2.45, 2.75) is 25.2 Å². The predicted octanol–water partition coefficient (Wildman–Crippen LogP) is 4.83. The summed E-state index contributed by atoms with van der Waals surface area (Å²) in [5.74, 6) is 0.915. The number of fused-ring (bicyclic) bond motifs is 2. The summed E-state index contributed by atoms with van der Waals surface area (Å²) in [5.41, 5.74) is 2.07. The lowest BCUT2D eigenvalue weighted by molar-refractivity contribution is 0.0988. The Bertz CT molecular complexity index is 1290. The molecule has 0 aliphatic carbocycles. The van der Waals surface area contributed by atoms with Crippen molar-refractivity contribution in [1.82, 2.24) is 0 Å². The summed E-state index contributed by atoms with van der Waals surface area (Å²) in [6, 6.07) is 17.0. The van der Waals surface area contributed by atoms with Crippen molar-refractivity contribution >= 4 is 27.3 Å². The van der Waals surface area contributed by atoms with Crippen molar-refractivity contribution in [3.8, 4) is 17.2 Å². The molecule has 1 aliphatic rings. The molecule has 1 heterocycles. The maximum absolute atomic E-state index is 13.3. The molecule has 3 aromatic rings. The summed E-state index contributed by atoms with van der Waals surface area (Å²) >= 11 is 0. The summed E-state index contributed by atoms with van der Waals surface area (Å²) in [6.07, 6.45) is 0.685. The smallest absolute Gasteiger partial charge is 0.265 e. The van der Waals surface area contributed by atoms with Gasteiger partial charge in [-0.15, -0.1) is 0 Å². The molecule has 166 valence electrons. The molecule has 0 saturated heterocycles. The molecule has 0 unspecified atom stereocenters. The van der Waals surface area contributed by atoms with Crippen LogP contribution in [0.1, 0.15) is 29.8 Å². The molecular weight excluding hydrogens is 428 g/mol. The highest BCUT2D eigenvalue weighted by atomic mass is 32.2. The van der Waals surface area contributed by atoms with E-state index in [0.717, 1.165) is 5.56 Å². The molecule has 0 saturated carbocycles. The summed E-state index contributed by atoms with van der Waals surface area (Å²) < 4.78 is 40.1. The van der Waals surface area contributed by atoms with E-state index in [9.17, 15) is 13.2 Å². The highest BCUT2D eigenvalue weighted by molar-refractivity contribution is 7.92. The van der Waals surface area contributed by atoms with Crippen LogP contribution in [0.4, 0.5) is 11.4 Å². The molecule has 3 aromatic carbocycles. The number of ether oxygens (including phenoxy) is 2. The number of carbonyl (C=O) groups is 1. The van der Waals surface area contributed by atoms with Gasteiger partial charge in [-0.2, -0.15) is 0 Å². The Morgan fingerprint density at radius 3 is 2.50 bits per heavy atom. The summed E-state index contributed by atoms with van der Waals surface area (Å²) in [4.78, 5) is 14.9. The van der Waals surface area contributed by atoms with Crippen LogP contribution >= 0.6 is 0 Å². The molecule has 4 rings (SSSR count). The number of rotatable bonds is 6. The minimum atomic E-state index is -3.96. The highest BCUT2D eigenvalue weighted by Crippen LogP contribution is 2.39. The van der Waals surface area contributed by atoms with Crippen molar-refractivity contribution in [3.05, 3.63) is 71.8 Å². The van der Waals surface area contributed by atoms with E-state index >= 15 is 0 Å². The summed E-state index contributed by atoms with van der Waals surface area (Å²) in [5, 5.41) is 0. The normalized spacial score (nSPS) is 13.0. The first kappa shape index (κ1) is 21.7. The number of nitrogens with one attached hydrogen (secondary N) is 1. The van der Waals surface area contributed by atoms with Gasteiger partial charge in [-0.1, -0.05) is 25.1 Å². The molecule has 0 atom stereocenters. The molecule has 1 N–H and O–H groups in total. The zero-order valence-electron chi connectivity index (χ0n) is 18.1. The molecule has 7 nitrogen and oxygen atoms in total. The Kier molecular flexibility index (Phi) is 5.80. The maximum Gasteiger partial charge on any atom is 0.265 e. The van der Waals surface area contributed by atoms with Crippen LogP contribution in [0.3, 0.4) is 0 Å². The van der Waals surface area contributed by atoms with E-state index in [1.54, 1.807) is 35.2 Å². The van der Waals surface area contributed by atoms with Crippen LogP contribution in [0.5, 0.6) is 17.2 Å². The van der Waals surface area contributed by atoms with Gasteiger partial charge in [0.1, 0.15) is 16.4 Å². The fraction of sp³-hybridized carbons (Fsp3) is 0.208. The van der Waals surface area contributed by atoms with Crippen LogP contribution in [0.25, 0.3) is 0 Å². The second-order valence-electron chi connectivity index (χ2n) is 7.27. The fourth-order valence-corrected chi connectivity index (χ4v) is 4.93. The standard InChI is InChI=1S/C24H24N2O5S/c1-4-16-10-12-22(30-3)23(14-16)32(28,29)25-17-11-13-20-18(15-17)24(27)26(5-2)19-8-6-7-9-21(19)31-20/h6-15,25H,4-5H2,1-3H3. The SMILES string of the molecule is CCc1ccc(OC)c(S(=O)(=O)Nc2ccc3c(c2)C(=O)N(CC)c2ccccc2O3)c1. The lowest BCUT2D eigenvalue weighted by atomic mass is 10.1. The molecule has 0 bridgehead atoms. The Morgan fingerprint density at radius 1 is 1.00 bits per heavy atom. The van der Waals surface area contributed by atoms with Crippen molar-refractivity contribution in [2.24, 2.45) is 0 Å². The van der Waals surface area contributed by atoms with E-state index in [4.69, 9.17) is 9.47 Å². The van der Waals surface area contributed by atoms with Crippen LogP contribution in [0, 0.1) is 0 Å². The Labute approximate surface area is 187 Å². The third kappa shape index (κ3) is 3.89. The Balaban J connectivity index is 1.73. The van der Waals surface area contributed by atoms with Gasteiger partial charge in [0.05, 0.1) is 18.4 Å². The van der Waals surface area contributed by atoms with Crippen molar-refractivity contribution in [1.29, 1.82) is 0 Å². The quantitative estimate of drug-likeness (QED) is 0.579. The van der Waals surface area contributed by atoms with Crippen LogP contribution in [0.2, 0.25) is 0 Å². The van der Waals surface area contributed by atoms with Crippen molar-refractivity contribution in [2.75, 3.05) is 23.3 Å². The number of sulfonamides is 1. The molecule has 0 fully saturated rings. The van der Waals surface area contributed by atoms with Gasteiger partial charge in [0.2, 0.25) is 0 Å². The van der Waals surface area contributed by atoms with Crippen LogP contribution in [-0.2, 0) is 16.4 Å². The van der Waals surface area contributed by atoms with E-state index < -0.39 is 10.0 Å². The van der Waals surface area contributed by atoms with Gasteiger partial charge in [-0.25, -0.2) is 8.42 Å². The number of hydrogen-bond acceptors (Lipinski definition) is 5. The number of anilines is 2. The molecular formula is C24H24N2O5S.